The molecular weight excluding hydrogens is 194 g/mol. The number of aromatic nitrogens is 4. The summed E-state index contributed by atoms with van der Waals surface area (Å²) >= 11 is 0. The number of nitrogens with two attached hydrogens (primary N) is 1. The van der Waals surface area contributed by atoms with Gasteiger partial charge in [0.2, 0.25) is 0 Å². The fraction of sp³-hybridized carbons (Fsp3) is 0.111. The molecule has 0 fully saturated rings. The van der Waals surface area contributed by atoms with Crippen LogP contribution in [0.3, 0.4) is 0 Å². The van der Waals surface area contributed by atoms with E-state index in [9.17, 15) is 4.79 Å². The molecule has 0 unspecified atom stereocenters. The summed E-state index contributed by atoms with van der Waals surface area (Å²) in [6, 6.07) is 1.63. The van der Waals surface area contributed by atoms with Gasteiger partial charge in [-0.3, -0.25) is 4.79 Å². The van der Waals surface area contributed by atoms with Crippen LogP contribution in [0.5, 0.6) is 0 Å². The Hall–Kier alpha value is -2.24. The average molecular weight is 203 g/mol. The number of rotatable bonds is 1. The standard InChI is InChI=1S/C9H9N5O/c1-6-2-8(10)14(13-6)9(15)7-3-11-5-12-4-7/h2-5H,10H2,1H3. The lowest BCUT2D eigenvalue weighted by molar-refractivity contribution is 0.0947. The first-order valence-electron chi connectivity index (χ1n) is 4.30. The van der Waals surface area contributed by atoms with Crippen molar-refractivity contribution in [2.75, 3.05) is 5.73 Å². The molecule has 6 nitrogen and oxygen atoms in total. The molecule has 2 aromatic heterocycles. The van der Waals surface area contributed by atoms with Crippen molar-refractivity contribution in [3.8, 4) is 0 Å². The van der Waals surface area contributed by atoms with Gasteiger partial charge in [-0.25, -0.2) is 9.97 Å². The van der Waals surface area contributed by atoms with Crippen molar-refractivity contribution >= 4 is 11.7 Å². The maximum absolute atomic E-state index is 11.8. The fourth-order valence-corrected chi connectivity index (χ4v) is 1.21. The molecule has 0 saturated carbocycles. The summed E-state index contributed by atoms with van der Waals surface area (Å²) in [5.41, 5.74) is 6.66. The molecule has 0 aliphatic heterocycles. The first kappa shape index (κ1) is 9.32. The number of carbonyl (C=O) groups is 1. The molecule has 0 amide bonds. The lowest BCUT2D eigenvalue weighted by Gasteiger charge is -2.00. The molecule has 0 aliphatic rings. The van der Waals surface area contributed by atoms with Gasteiger partial charge in [0.05, 0.1) is 11.3 Å². The minimum atomic E-state index is -0.332. The smallest absolute Gasteiger partial charge is 0.283 e. The van der Waals surface area contributed by atoms with Crippen LogP contribution in [-0.2, 0) is 0 Å². The second kappa shape index (κ2) is 3.49. The molecule has 2 N–H and O–H groups in total. The van der Waals surface area contributed by atoms with Crippen molar-refractivity contribution in [1.82, 2.24) is 19.7 Å². The van der Waals surface area contributed by atoms with Crippen LogP contribution < -0.4 is 5.73 Å². The third-order valence-electron chi connectivity index (χ3n) is 1.86. The summed E-state index contributed by atoms with van der Waals surface area (Å²) in [6.45, 7) is 1.77. The number of anilines is 1. The monoisotopic (exact) mass is 203 g/mol. The number of hydrogen-bond acceptors (Lipinski definition) is 5. The lowest BCUT2D eigenvalue weighted by Crippen LogP contribution is -2.16. The third kappa shape index (κ3) is 1.69. The molecule has 0 aromatic carbocycles. The maximum Gasteiger partial charge on any atom is 0.283 e. The second-order valence-corrected chi connectivity index (χ2v) is 3.05. The summed E-state index contributed by atoms with van der Waals surface area (Å²) in [5, 5.41) is 3.97. The van der Waals surface area contributed by atoms with Crippen molar-refractivity contribution in [1.29, 1.82) is 0 Å². The average Bonchev–Trinajstić information content (AvgIpc) is 2.58. The Bertz CT molecular complexity index is 490. The third-order valence-corrected chi connectivity index (χ3v) is 1.86. The van der Waals surface area contributed by atoms with Gasteiger partial charge < -0.3 is 5.73 Å². The van der Waals surface area contributed by atoms with Gasteiger partial charge in [0.1, 0.15) is 12.1 Å². The summed E-state index contributed by atoms with van der Waals surface area (Å²) in [6.07, 6.45) is 4.20. The molecule has 6 heteroatoms. The van der Waals surface area contributed by atoms with E-state index in [2.05, 4.69) is 15.1 Å². The van der Waals surface area contributed by atoms with Gasteiger partial charge >= 0.3 is 0 Å². The number of carbonyl (C=O) groups excluding carboxylic acids is 1. The van der Waals surface area contributed by atoms with Crippen LogP contribution in [0, 0.1) is 6.92 Å². The van der Waals surface area contributed by atoms with Crippen LogP contribution in [0.2, 0.25) is 0 Å². The van der Waals surface area contributed by atoms with Gasteiger partial charge in [0.25, 0.3) is 5.91 Å². The van der Waals surface area contributed by atoms with E-state index in [0.29, 0.717) is 17.1 Å². The second-order valence-electron chi connectivity index (χ2n) is 3.05. The first-order chi connectivity index (χ1) is 7.18. The number of nitrogens with zero attached hydrogens (tertiary/aromatic N) is 4. The summed E-state index contributed by atoms with van der Waals surface area (Å²) in [7, 11) is 0. The first-order valence-corrected chi connectivity index (χ1v) is 4.30. The van der Waals surface area contributed by atoms with E-state index in [-0.39, 0.29) is 5.91 Å². The molecular formula is C9H9N5O. The summed E-state index contributed by atoms with van der Waals surface area (Å²) in [5.74, 6) is -0.0254. The highest BCUT2D eigenvalue weighted by Gasteiger charge is 2.13. The van der Waals surface area contributed by atoms with Crippen LogP contribution in [0.15, 0.2) is 24.8 Å². The van der Waals surface area contributed by atoms with Crippen molar-refractivity contribution in [2.45, 2.75) is 6.92 Å². The normalized spacial score (nSPS) is 10.2. The molecule has 0 radical (unpaired) electrons. The van der Waals surface area contributed by atoms with Gasteiger partial charge in [-0.2, -0.15) is 9.78 Å². The Morgan fingerprint density at radius 2 is 2.07 bits per heavy atom. The van der Waals surface area contributed by atoms with E-state index < -0.39 is 0 Å². The predicted molar refractivity (Wildman–Crippen MR) is 53.1 cm³/mol. The van der Waals surface area contributed by atoms with E-state index in [1.165, 1.54) is 18.7 Å². The van der Waals surface area contributed by atoms with Gasteiger partial charge in [0, 0.05) is 18.5 Å². The Morgan fingerprint density at radius 3 is 2.60 bits per heavy atom. The molecule has 15 heavy (non-hydrogen) atoms. The minimum Gasteiger partial charge on any atom is -0.383 e. The number of nitrogen functional groups attached to an aromatic ring is 1. The number of aryl methyl sites for hydroxylation is 1. The fourth-order valence-electron chi connectivity index (χ4n) is 1.21. The summed E-state index contributed by atoms with van der Waals surface area (Å²) in [4.78, 5) is 19.3. The number of hydrogen-bond donors (Lipinski definition) is 1. The minimum absolute atomic E-state index is 0.307. The van der Waals surface area contributed by atoms with E-state index >= 15 is 0 Å². The Labute approximate surface area is 85.8 Å². The topological polar surface area (TPSA) is 86.7 Å². The molecule has 0 bridgehead atoms. The molecule has 0 spiro atoms. The Kier molecular flexibility index (Phi) is 2.17. The summed E-state index contributed by atoms with van der Waals surface area (Å²) < 4.78 is 1.13. The molecule has 2 rings (SSSR count). The highest BCUT2D eigenvalue weighted by Crippen LogP contribution is 2.07. The zero-order valence-electron chi connectivity index (χ0n) is 8.08. The zero-order valence-corrected chi connectivity index (χ0v) is 8.08. The molecule has 2 aromatic rings. The van der Waals surface area contributed by atoms with Crippen molar-refractivity contribution in [3.63, 3.8) is 0 Å². The lowest BCUT2D eigenvalue weighted by atomic mass is 10.3. The van der Waals surface area contributed by atoms with Crippen molar-refractivity contribution in [2.24, 2.45) is 0 Å². The largest absolute Gasteiger partial charge is 0.383 e. The molecule has 0 atom stereocenters. The quantitative estimate of drug-likeness (QED) is 0.718. The van der Waals surface area contributed by atoms with Gasteiger partial charge in [-0.05, 0) is 6.92 Å². The predicted octanol–water partition coefficient (Wildman–Crippen LogP) is 0.252. The van der Waals surface area contributed by atoms with E-state index in [1.807, 2.05) is 0 Å². The highest BCUT2D eigenvalue weighted by atomic mass is 16.2. The van der Waals surface area contributed by atoms with Crippen LogP contribution in [-0.4, -0.2) is 25.7 Å². The molecule has 0 aliphatic carbocycles. The van der Waals surface area contributed by atoms with Crippen molar-refractivity contribution in [3.05, 3.63) is 36.0 Å². The van der Waals surface area contributed by atoms with E-state index in [0.717, 1.165) is 4.68 Å². The van der Waals surface area contributed by atoms with Gasteiger partial charge in [0.15, 0.2) is 0 Å². The maximum atomic E-state index is 11.8. The van der Waals surface area contributed by atoms with Crippen LogP contribution >= 0.6 is 0 Å². The zero-order chi connectivity index (χ0) is 10.8. The molecule has 0 saturated heterocycles. The van der Waals surface area contributed by atoms with Gasteiger partial charge in [-0.1, -0.05) is 0 Å². The van der Waals surface area contributed by atoms with E-state index in [1.54, 1.807) is 13.0 Å². The highest BCUT2D eigenvalue weighted by molar-refractivity contribution is 5.96. The van der Waals surface area contributed by atoms with Crippen LogP contribution in [0.4, 0.5) is 5.82 Å². The molecule has 76 valence electrons. The van der Waals surface area contributed by atoms with E-state index in [4.69, 9.17) is 5.73 Å². The Morgan fingerprint density at radius 1 is 1.40 bits per heavy atom. The van der Waals surface area contributed by atoms with Crippen LogP contribution in [0.1, 0.15) is 16.1 Å². The molecule has 2 heterocycles. The van der Waals surface area contributed by atoms with Crippen LogP contribution in [0.25, 0.3) is 0 Å². The van der Waals surface area contributed by atoms with Crippen molar-refractivity contribution < 1.29 is 4.79 Å². The van der Waals surface area contributed by atoms with Gasteiger partial charge in [-0.15, -0.1) is 0 Å². The SMILES string of the molecule is Cc1cc(N)n(C(=O)c2cncnc2)n1. The Balaban J connectivity index is 2.41.